The molecular formula is C68H106N24O22S. The third-order valence-corrected chi connectivity index (χ3v) is 16.5. The van der Waals surface area contributed by atoms with E-state index in [1.165, 1.54) is 69.3 Å². The number of aliphatic hydroxyl groups excluding tert-OH is 1. The van der Waals surface area contributed by atoms with Crippen LogP contribution in [0.3, 0.4) is 0 Å². The quantitative estimate of drug-likeness (QED) is 0.0127. The van der Waals surface area contributed by atoms with Gasteiger partial charge in [-0.1, -0.05) is 38.1 Å². The minimum Gasteiger partial charge on any atom is -0.508 e. The molecule has 0 radical (unpaired) electrons. The number of phenolic OH excluding ortho intramolecular Hbond substituents is 2. The van der Waals surface area contributed by atoms with Crippen LogP contribution < -0.4 is 119 Å². The number of carboxylic acid groups (broad SMARTS) is 1. The van der Waals surface area contributed by atoms with Gasteiger partial charge in [0.2, 0.25) is 100 Å². The summed E-state index contributed by atoms with van der Waals surface area (Å²) in [4.78, 5) is 234. The molecule has 0 aliphatic carbocycles. The summed E-state index contributed by atoms with van der Waals surface area (Å²) in [5, 5.41) is 95.8. The van der Waals surface area contributed by atoms with Crippen LogP contribution in [-0.4, -0.2) is 270 Å². The summed E-state index contributed by atoms with van der Waals surface area (Å²) in [5.41, 5.74) is 23.0. The van der Waals surface area contributed by atoms with Gasteiger partial charge in [-0.3, -0.25) is 97.1 Å². The Labute approximate surface area is 665 Å². The Morgan fingerprint density at radius 3 is 1.10 bits per heavy atom. The maximum absolute atomic E-state index is 13.9. The van der Waals surface area contributed by atoms with E-state index in [-0.39, 0.29) is 75.0 Å². The topological polar surface area (TPSA) is 756 Å². The van der Waals surface area contributed by atoms with Gasteiger partial charge in [-0.15, -0.1) is 0 Å². The summed E-state index contributed by atoms with van der Waals surface area (Å²) in [6.07, 6.45) is -1.36. The molecule has 0 aliphatic rings. The van der Waals surface area contributed by atoms with Crippen molar-refractivity contribution in [3.05, 3.63) is 59.7 Å². The van der Waals surface area contributed by atoms with Gasteiger partial charge in [-0.2, -0.15) is 12.6 Å². The Kier molecular flexibility index (Phi) is 44.3. The van der Waals surface area contributed by atoms with E-state index >= 15 is 0 Å². The van der Waals surface area contributed by atoms with Gasteiger partial charge in [-0.25, -0.2) is 0 Å². The number of nitrogens with one attached hydrogen (secondary N) is 20. The fraction of sp³-hybridized carbons (Fsp3) is 0.529. The number of primary amides is 1. The van der Waals surface area contributed by atoms with Crippen LogP contribution in [0.4, 0.5) is 0 Å². The number of benzene rings is 2. The normalized spacial score (nSPS) is 13.6. The molecule has 0 aliphatic heterocycles. The second-order valence-electron chi connectivity index (χ2n) is 26.4. The minimum atomic E-state index is -1.70. The van der Waals surface area contributed by atoms with Crippen LogP contribution in [0.5, 0.6) is 11.5 Å². The van der Waals surface area contributed by atoms with E-state index < -0.39 is 243 Å². The third kappa shape index (κ3) is 40.9. The van der Waals surface area contributed by atoms with E-state index in [9.17, 15) is 107 Å². The molecule has 0 heterocycles. The molecule has 0 saturated carbocycles. The summed E-state index contributed by atoms with van der Waals surface area (Å²) in [6.45, 7) is 2.25. The van der Waals surface area contributed by atoms with E-state index in [4.69, 9.17) is 33.8 Å². The Hall–Kier alpha value is -12.7. The number of aliphatic hydroxyl groups is 1. The number of nitrogens with two attached hydrogens (primary N) is 4. The molecule has 0 aromatic heterocycles. The fourth-order valence-corrected chi connectivity index (χ4v) is 10.2. The highest BCUT2D eigenvalue weighted by atomic mass is 32.1. The largest absolute Gasteiger partial charge is 0.508 e. The lowest BCUT2D eigenvalue weighted by molar-refractivity contribution is -0.138. The van der Waals surface area contributed by atoms with Gasteiger partial charge in [0.25, 0.3) is 0 Å². The highest BCUT2D eigenvalue weighted by Crippen LogP contribution is 2.15. The molecule has 0 fully saturated rings. The summed E-state index contributed by atoms with van der Waals surface area (Å²) < 4.78 is 0. The number of phenols is 2. The van der Waals surface area contributed by atoms with Gasteiger partial charge in [-0.05, 0) is 101 Å². The van der Waals surface area contributed by atoms with Crippen molar-refractivity contribution in [2.75, 3.05) is 64.7 Å². The van der Waals surface area contributed by atoms with Crippen LogP contribution in [0.1, 0.15) is 90.7 Å². The highest BCUT2D eigenvalue weighted by Gasteiger charge is 2.35. The van der Waals surface area contributed by atoms with Crippen molar-refractivity contribution < 1.29 is 107 Å². The van der Waals surface area contributed by atoms with Crippen LogP contribution in [0, 0.1) is 16.7 Å². The molecule has 0 saturated heterocycles. The van der Waals surface area contributed by atoms with Crippen molar-refractivity contribution in [1.29, 1.82) is 10.8 Å². The van der Waals surface area contributed by atoms with Crippen molar-refractivity contribution in [2.24, 2.45) is 28.9 Å². The lowest BCUT2D eigenvalue weighted by atomic mass is 10.0. The van der Waals surface area contributed by atoms with Gasteiger partial charge < -0.3 is 139 Å². The van der Waals surface area contributed by atoms with Crippen LogP contribution >= 0.6 is 12.6 Å². The maximum atomic E-state index is 13.9. The van der Waals surface area contributed by atoms with Crippen molar-refractivity contribution in [3.8, 4) is 11.5 Å². The predicted octanol–water partition coefficient (Wildman–Crippen LogP) is -11.3. The van der Waals surface area contributed by atoms with Crippen molar-refractivity contribution in [1.82, 2.24) is 95.7 Å². The maximum Gasteiger partial charge on any atom is 0.303 e. The zero-order valence-corrected chi connectivity index (χ0v) is 64.8. The third-order valence-electron chi connectivity index (χ3n) is 16.2. The molecular weight excluding hydrogens is 1540 g/mol. The number of carbonyl (C=O) groups excluding carboxylic acids is 17. The van der Waals surface area contributed by atoms with Crippen LogP contribution in [0.25, 0.3) is 0 Å². The number of hydrogen-bond acceptors (Lipinski definition) is 25. The first-order valence-electron chi connectivity index (χ1n) is 36.0. The summed E-state index contributed by atoms with van der Waals surface area (Å²) in [6, 6.07) is -4.35. The molecule has 11 atom stereocenters. The van der Waals surface area contributed by atoms with E-state index in [0.717, 1.165) is 0 Å². The highest BCUT2D eigenvalue weighted by molar-refractivity contribution is 7.80. The van der Waals surface area contributed by atoms with Gasteiger partial charge in [0.1, 0.15) is 71.9 Å². The lowest BCUT2D eigenvalue weighted by Crippen LogP contribution is -2.60. The van der Waals surface area contributed by atoms with E-state index in [1.54, 1.807) is 0 Å². The summed E-state index contributed by atoms with van der Waals surface area (Å²) in [7, 11) is 0. The molecule has 0 unspecified atom stereocenters. The van der Waals surface area contributed by atoms with Gasteiger partial charge >= 0.3 is 5.97 Å². The SMILES string of the molecule is CC(C)C[C@H](N)C(=O)N[C@@H](Cc1ccc(O)cc1)C(=O)N[C@@H](CCCNC(=N)N)C(=O)N[C@@H](C)C(=O)NCC(=O)N[C@@H](C)C(=O)NCC(=O)NCC(=O)NCC(=O)NCC(=O)NCC(=O)N[C@@H](CS)C(=O)N[C@@H](CCCNC(=N)N)C(=O)N[C@@H](C)C(=O)N[C@@H](CCC(=O)O)C(=O)N[C@@H](Cc1ccc(O)cc1)C(=O)N[C@@H](CO)C(N)=O. The van der Waals surface area contributed by atoms with Gasteiger partial charge in [0, 0.05) is 38.1 Å². The average Bonchev–Trinajstić information content (AvgIpc) is 0.865. The monoisotopic (exact) mass is 1640 g/mol. The van der Waals surface area contributed by atoms with Crippen LogP contribution in [0.2, 0.25) is 0 Å². The molecule has 47 heteroatoms. The Bertz CT molecular complexity index is 3750. The van der Waals surface area contributed by atoms with E-state index in [0.29, 0.717) is 17.5 Å². The van der Waals surface area contributed by atoms with Crippen LogP contribution in [-0.2, 0) is 99.1 Å². The second-order valence-corrected chi connectivity index (χ2v) is 26.8. The Morgan fingerprint density at radius 2 is 0.704 bits per heavy atom. The number of thiol groups is 1. The van der Waals surface area contributed by atoms with Crippen LogP contribution in [0.15, 0.2) is 48.5 Å². The molecule has 2 aromatic rings. The number of amides is 17. The number of carbonyl (C=O) groups is 18. The molecule has 32 N–H and O–H groups in total. The number of carboxylic acids is 1. The molecule has 46 nitrogen and oxygen atoms in total. The number of aromatic hydroxyl groups is 2. The average molecular weight is 1640 g/mol. The molecule has 636 valence electrons. The fourth-order valence-electron chi connectivity index (χ4n) is 9.94. The standard InChI is InChI=1S/C68H106N24O22S/c1-33(2)22-41(69)60(108)90-45(23-37-10-14-39(94)15-11-37)64(112)88-42(8-6-20-75-67(71)72)61(109)84-35(4)58(106)82-30-53(100)83-34(3)57(105)81-28-52(99)79-26-50(97)77-25-49(96)78-27-51(98)80-29-54(101)86-48(32-115)66(114)89-43(9-7-21-76-68(73)74)62(110)85-36(5)59(107)87-44(18-19-55(102)103)63(111)91-46(24-38-12-16-40(95)17-13-38)65(113)92-47(31-93)56(70)104/h10-17,33-36,41-48,93-95,115H,6-9,18-32,69H2,1-5H3,(H2,70,104)(H,77,97)(H,78,96)(H,79,99)(H,80,98)(H,81,105)(H,82,106)(H,83,100)(H,84,109)(H,85,110)(H,86,101)(H,87,107)(H,88,112)(H,89,114)(H,90,108)(H,91,111)(H,92,113)(H,102,103)(H4,71,72,75)(H4,73,74,76)/t34-,35-,36-,41-,42-,43-,44-,45-,46-,47-,48-/m0/s1. The van der Waals surface area contributed by atoms with Crippen molar-refractivity contribution in [2.45, 2.75) is 159 Å². The van der Waals surface area contributed by atoms with Gasteiger partial charge in [0.05, 0.1) is 51.9 Å². The van der Waals surface area contributed by atoms with Crippen molar-refractivity contribution in [3.63, 3.8) is 0 Å². The first-order valence-corrected chi connectivity index (χ1v) is 36.6. The molecule has 17 amide bonds. The smallest absolute Gasteiger partial charge is 0.303 e. The summed E-state index contributed by atoms with van der Waals surface area (Å²) >= 11 is 4.12. The zero-order valence-electron chi connectivity index (χ0n) is 63.9. The van der Waals surface area contributed by atoms with Gasteiger partial charge in [0.15, 0.2) is 11.9 Å². The second kappa shape index (κ2) is 51.8. The summed E-state index contributed by atoms with van der Waals surface area (Å²) in [5.74, 6) is -18.6. The predicted molar refractivity (Wildman–Crippen MR) is 411 cm³/mol. The molecule has 2 aromatic carbocycles. The van der Waals surface area contributed by atoms with E-state index in [1.807, 2.05) is 13.8 Å². The van der Waals surface area contributed by atoms with Crippen molar-refractivity contribution >= 4 is 131 Å². The Balaban J connectivity index is 1.90. The molecule has 2 rings (SSSR count). The number of guanidine groups is 2. The first kappa shape index (κ1) is 98.4. The zero-order chi connectivity index (χ0) is 86.6. The minimum absolute atomic E-state index is 0.00440. The number of aliphatic carboxylic acids is 1. The molecule has 0 bridgehead atoms. The lowest BCUT2D eigenvalue weighted by Gasteiger charge is -2.26. The Morgan fingerprint density at radius 1 is 0.383 bits per heavy atom. The number of hydrogen-bond donors (Lipinski definition) is 29. The van der Waals surface area contributed by atoms with E-state index in [2.05, 4.69) is 108 Å². The first-order chi connectivity index (χ1) is 54.1. The number of rotatable bonds is 52. The molecule has 0 spiro atoms. The molecule has 115 heavy (non-hydrogen) atoms.